The summed E-state index contributed by atoms with van der Waals surface area (Å²) in [7, 11) is 0. The summed E-state index contributed by atoms with van der Waals surface area (Å²) >= 11 is 0. The molecule has 3 fully saturated rings. The Bertz CT molecular complexity index is 580. The van der Waals surface area contributed by atoms with Crippen LogP contribution in [-0.2, 0) is 14.4 Å². The number of likely N-dealkylation sites (tertiary alicyclic amines) is 2. The van der Waals surface area contributed by atoms with E-state index in [4.69, 9.17) is 0 Å². The summed E-state index contributed by atoms with van der Waals surface area (Å²) in [5.41, 5.74) is 0.0536. The Morgan fingerprint density at radius 3 is 2.74 bits per heavy atom. The van der Waals surface area contributed by atoms with Gasteiger partial charge in [0.15, 0.2) is 0 Å². The molecule has 152 valence electrons. The predicted octanol–water partition coefficient (Wildman–Crippen LogP) is 0.696. The molecule has 1 atom stereocenters. The number of hydrogen-bond donors (Lipinski definition) is 1. The van der Waals surface area contributed by atoms with Gasteiger partial charge in [-0.25, -0.2) is 0 Å². The smallest absolute Gasteiger partial charge is 0.236 e. The Morgan fingerprint density at radius 1 is 1.19 bits per heavy atom. The number of nitrogens with one attached hydrogen (secondary N) is 1. The van der Waals surface area contributed by atoms with Gasteiger partial charge in [-0.3, -0.25) is 19.3 Å². The first kappa shape index (κ1) is 20.1. The summed E-state index contributed by atoms with van der Waals surface area (Å²) < 4.78 is 0. The van der Waals surface area contributed by atoms with Crippen LogP contribution < -0.4 is 5.32 Å². The molecule has 7 nitrogen and oxygen atoms in total. The van der Waals surface area contributed by atoms with E-state index in [0.29, 0.717) is 32.0 Å². The molecule has 1 spiro atoms. The summed E-state index contributed by atoms with van der Waals surface area (Å²) in [4.78, 5) is 42.7. The van der Waals surface area contributed by atoms with E-state index in [1.165, 1.54) is 0 Å². The normalized spacial score (nSPS) is 27.4. The fourth-order valence-electron chi connectivity index (χ4n) is 4.59. The molecule has 0 saturated carbocycles. The van der Waals surface area contributed by atoms with Gasteiger partial charge in [-0.1, -0.05) is 13.8 Å². The molecule has 0 aliphatic carbocycles. The van der Waals surface area contributed by atoms with Crippen LogP contribution in [0.3, 0.4) is 0 Å². The fourth-order valence-corrected chi connectivity index (χ4v) is 4.59. The van der Waals surface area contributed by atoms with Gasteiger partial charge in [0.2, 0.25) is 17.7 Å². The van der Waals surface area contributed by atoms with Gasteiger partial charge < -0.3 is 15.1 Å². The highest BCUT2D eigenvalue weighted by molar-refractivity contribution is 5.82. The van der Waals surface area contributed by atoms with Gasteiger partial charge in [0, 0.05) is 51.1 Å². The zero-order chi connectivity index (χ0) is 19.4. The molecule has 0 aromatic rings. The third-order valence-corrected chi connectivity index (χ3v) is 6.21. The van der Waals surface area contributed by atoms with Crippen LogP contribution in [-0.4, -0.2) is 84.8 Å². The number of piperazine rings is 1. The Kier molecular flexibility index (Phi) is 6.40. The van der Waals surface area contributed by atoms with Crippen molar-refractivity contribution in [3.05, 3.63) is 0 Å². The van der Waals surface area contributed by atoms with Crippen molar-refractivity contribution in [1.29, 1.82) is 0 Å². The molecule has 3 aliphatic rings. The minimum Gasteiger partial charge on any atom is -0.354 e. The van der Waals surface area contributed by atoms with Gasteiger partial charge in [-0.05, 0) is 31.6 Å². The second-order valence-electron chi connectivity index (χ2n) is 8.98. The van der Waals surface area contributed by atoms with Crippen LogP contribution in [0.25, 0.3) is 0 Å². The summed E-state index contributed by atoms with van der Waals surface area (Å²) in [6, 6.07) is 0. The van der Waals surface area contributed by atoms with Crippen LogP contribution in [0.2, 0.25) is 0 Å². The van der Waals surface area contributed by atoms with Crippen molar-refractivity contribution in [1.82, 2.24) is 20.0 Å². The van der Waals surface area contributed by atoms with E-state index in [0.717, 1.165) is 58.4 Å². The molecule has 0 aromatic carbocycles. The molecule has 7 heteroatoms. The molecule has 0 unspecified atom stereocenters. The van der Waals surface area contributed by atoms with E-state index in [1.54, 1.807) is 0 Å². The van der Waals surface area contributed by atoms with Crippen molar-refractivity contribution < 1.29 is 14.4 Å². The van der Waals surface area contributed by atoms with E-state index in [1.807, 2.05) is 14.7 Å². The summed E-state index contributed by atoms with van der Waals surface area (Å²) in [5, 5.41) is 2.80. The fraction of sp³-hybridized carbons (Fsp3) is 0.850. The van der Waals surface area contributed by atoms with Crippen LogP contribution in [0.4, 0.5) is 0 Å². The quantitative estimate of drug-likeness (QED) is 0.764. The topological polar surface area (TPSA) is 73.0 Å². The molecule has 0 radical (unpaired) electrons. The lowest BCUT2D eigenvalue weighted by atomic mass is 9.73. The highest BCUT2D eigenvalue weighted by atomic mass is 16.2. The average molecular weight is 379 g/mol. The lowest BCUT2D eigenvalue weighted by Gasteiger charge is -2.48. The average Bonchev–Trinajstić information content (AvgIpc) is 2.63. The van der Waals surface area contributed by atoms with Crippen LogP contribution in [0, 0.1) is 11.3 Å². The first-order valence-electron chi connectivity index (χ1n) is 10.4. The lowest BCUT2D eigenvalue weighted by Crippen LogP contribution is -2.57. The number of piperidine rings is 2. The summed E-state index contributed by atoms with van der Waals surface area (Å²) in [6.45, 7) is 9.50. The van der Waals surface area contributed by atoms with Crippen LogP contribution in [0.5, 0.6) is 0 Å². The second-order valence-corrected chi connectivity index (χ2v) is 8.98. The SMILES string of the molecule is CC(C)CCN1C[C@]2(CCCN(C(=O)CN3CCNC(=O)C3)C2)CCC1=O. The van der Waals surface area contributed by atoms with Gasteiger partial charge in [0.05, 0.1) is 13.1 Å². The predicted molar refractivity (Wildman–Crippen MR) is 103 cm³/mol. The number of amides is 3. The molecular formula is C20H34N4O3. The van der Waals surface area contributed by atoms with Gasteiger partial charge >= 0.3 is 0 Å². The van der Waals surface area contributed by atoms with Crippen molar-refractivity contribution in [2.24, 2.45) is 11.3 Å². The lowest BCUT2D eigenvalue weighted by molar-refractivity contribution is -0.143. The van der Waals surface area contributed by atoms with Crippen LogP contribution >= 0.6 is 0 Å². The molecule has 1 N–H and O–H groups in total. The summed E-state index contributed by atoms with van der Waals surface area (Å²) in [5.74, 6) is 0.969. The maximum absolute atomic E-state index is 12.8. The molecule has 0 bridgehead atoms. The molecular weight excluding hydrogens is 344 g/mol. The molecule has 3 saturated heterocycles. The molecule has 3 aliphatic heterocycles. The zero-order valence-electron chi connectivity index (χ0n) is 16.8. The van der Waals surface area contributed by atoms with E-state index in [-0.39, 0.29) is 23.1 Å². The van der Waals surface area contributed by atoms with Crippen molar-refractivity contribution in [2.45, 2.75) is 46.0 Å². The minimum atomic E-state index is -0.00393. The van der Waals surface area contributed by atoms with Crippen LogP contribution in [0.1, 0.15) is 46.0 Å². The Labute approximate surface area is 162 Å². The van der Waals surface area contributed by atoms with E-state index in [2.05, 4.69) is 19.2 Å². The largest absolute Gasteiger partial charge is 0.354 e. The Balaban J connectivity index is 1.58. The number of rotatable bonds is 5. The molecule has 27 heavy (non-hydrogen) atoms. The van der Waals surface area contributed by atoms with Gasteiger partial charge in [0.25, 0.3) is 0 Å². The van der Waals surface area contributed by atoms with Crippen molar-refractivity contribution >= 4 is 17.7 Å². The third-order valence-electron chi connectivity index (χ3n) is 6.21. The highest BCUT2D eigenvalue weighted by Crippen LogP contribution is 2.39. The number of hydrogen-bond acceptors (Lipinski definition) is 4. The number of nitrogens with zero attached hydrogens (tertiary/aromatic N) is 3. The maximum atomic E-state index is 12.8. The molecule has 0 aromatic heterocycles. The molecule has 3 rings (SSSR count). The Hall–Kier alpha value is -1.63. The van der Waals surface area contributed by atoms with Crippen LogP contribution in [0.15, 0.2) is 0 Å². The van der Waals surface area contributed by atoms with Gasteiger partial charge in [-0.2, -0.15) is 0 Å². The van der Waals surface area contributed by atoms with Crippen molar-refractivity contribution in [2.75, 3.05) is 52.4 Å². The van der Waals surface area contributed by atoms with Crippen molar-refractivity contribution in [3.63, 3.8) is 0 Å². The molecule has 3 amide bonds. The van der Waals surface area contributed by atoms with Gasteiger partial charge in [0.1, 0.15) is 0 Å². The third kappa shape index (κ3) is 5.21. The minimum absolute atomic E-state index is 0.00393. The number of carbonyl (C=O) groups excluding carboxylic acids is 3. The summed E-state index contributed by atoms with van der Waals surface area (Å²) in [6.07, 6.45) is 4.61. The van der Waals surface area contributed by atoms with Gasteiger partial charge in [-0.15, -0.1) is 0 Å². The maximum Gasteiger partial charge on any atom is 0.236 e. The Morgan fingerprint density at radius 2 is 2.00 bits per heavy atom. The van der Waals surface area contributed by atoms with E-state index < -0.39 is 0 Å². The first-order valence-corrected chi connectivity index (χ1v) is 10.4. The van der Waals surface area contributed by atoms with Crippen molar-refractivity contribution in [3.8, 4) is 0 Å². The van der Waals surface area contributed by atoms with E-state index in [9.17, 15) is 14.4 Å². The molecule has 3 heterocycles. The second kappa shape index (κ2) is 8.59. The number of carbonyl (C=O) groups is 3. The monoisotopic (exact) mass is 378 g/mol. The standard InChI is InChI=1S/C20H34N4O3/c1-16(2)5-10-24-15-20(7-4-18(24)26)6-3-9-23(14-20)19(27)13-22-11-8-21-17(25)12-22/h16H,3-15H2,1-2H3,(H,21,25)/t20-/m1/s1. The van der Waals surface area contributed by atoms with E-state index >= 15 is 0 Å². The first-order chi connectivity index (χ1) is 12.9. The highest BCUT2D eigenvalue weighted by Gasteiger charge is 2.42. The zero-order valence-corrected chi connectivity index (χ0v) is 16.8.